The Balaban J connectivity index is 1.95. The fourth-order valence-electron chi connectivity index (χ4n) is 2.56. The molecule has 2 heterocycles. The third-order valence-corrected chi connectivity index (χ3v) is 5.22. The summed E-state index contributed by atoms with van der Waals surface area (Å²) in [5, 5.41) is 8.89. The van der Waals surface area contributed by atoms with E-state index in [-0.39, 0.29) is 30.8 Å². The summed E-state index contributed by atoms with van der Waals surface area (Å²) in [5.74, 6) is -1.31. The molecule has 1 aliphatic rings. The Kier molecular flexibility index (Phi) is 5.57. The minimum Gasteiger partial charge on any atom is -0.481 e. The molecule has 8 heteroatoms. The largest absolute Gasteiger partial charge is 0.481 e. The maximum Gasteiger partial charge on any atom is 0.305 e. The summed E-state index contributed by atoms with van der Waals surface area (Å²) < 4.78 is 0.858. The van der Waals surface area contributed by atoms with Crippen LogP contribution < -0.4 is 0 Å². The van der Waals surface area contributed by atoms with Gasteiger partial charge in [-0.1, -0.05) is 0 Å². The average molecular weight is 389 g/mol. The van der Waals surface area contributed by atoms with E-state index in [4.69, 9.17) is 5.11 Å². The Bertz CT molecular complexity index is 589. The number of likely N-dealkylation sites (N-methyl/N-ethyl adjacent to an activating group) is 1. The third kappa shape index (κ3) is 4.07. The highest BCUT2D eigenvalue weighted by Crippen LogP contribution is 2.24. The van der Waals surface area contributed by atoms with Crippen molar-refractivity contribution in [1.29, 1.82) is 0 Å². The molecule has 1 aromatic heterocycles. The molecule has 1 aliphatic heterocycles. The summed E-state index contributed by atoms with van der Waals surface area (Å²) in [6, 6.07) is 3.24. The molecule has 0 bridgehead atoms. The summed E-state index contributed by atoms with van der Waals surface area (Å²) in [7, 11) is 1.58. The maximum atomic E-state index is 12.3. The van der Waals surface area contributed by atoms with Gasteiger partial charge in [0.1, 0.15) is 0 Å². The van der Waals surface area contributed by atoms with E-state index in [0.717, 1.165) is 10.2 Å². The second-order valence-corrected chi connectivity index (χ2v) is 7.71. The van der Waals surface area contributed by atoms with Gasteiger partial charge in [0.25, 0.3) is 5.91 Å². The first kappa shape index (κ1) is 17.0. The van der Waals surface area contributed by atoms with E-state index >= 15 is 0 Å². The Morgan fingerprint density at radius 3 is 2.77 bits per heavy atom. The van der Waals surface area contributed by atoms with Gasteiger partial charge >= 0.3 is 5.97 Å². The first-order valence-corrected chi connectivity index (χ1v) is 8.51. The molecule has 1 aromatic rings. The summed E-state index contributed by atoms with van der Waals surface area (Å²) in [5.41, 5.74) is 0. The monoisotopic (exact) mass is 388 g/mol. The van der Waals surface area contributed by atoms with E-state index in [0.29, 0.717) is 17.8 Å². The number of nitrogens with zero attached hydrogens (tertiary/aromatic N) is 2. The van der Waals surface area contributed by atoms with Gasteiger partial charge in [-0.25, -0.2) is 0 Å². The Morgan fingerprint density at radius 1 is 1.45 bits per heavy atom. The fourth-order valence-corrected chi connectivity index (χ4v) is 3.94. The van der Waals surface area contributed by atoms with Crippen molar-refractivity contribution in [3.8, 4) is 0 Å². The highest BCUT2D eigenvalue weighted by molar-refractivity contribution is 9.11. The van der Waals surface area contributed by atoms with Gasteiger partial charge in [0, 0.05) is 19.6 Å². The number of hydrogen-bond acceptors (Lipinski definition) is 4. The number of amides is 2. The van der Waals surface area contributed by atoms with Gasteiger partial charge < -0.3 is 14.9 Å². The van der Waals surface area contributed by atoms with Crippen LogP contribution in [0.5, 0.6) is 0 Å². The summed E-state index contributed by atoms with van der Waals surface area (Å²) in [6.07, 6.45) is 1.47. The second-order valence-electron chi connectivity index (χ2n) is 5.25. The van der Waals surface area contributed by atoms with Crippen molar-refractivity contribution in [1.82, 2.24) is 9.80 Å². The maximum absolute atomic E-state index is 12.3. The minimum atomic E-state index is -0.905. The molecule has 1 unspecified atom stereocenters. The van der Waals surface area contributed by atoms with Crippen LogP contribution in [0.2, 0.25) is 0 Å². The van der Waals surface area contributed by atoms with Crippen LogP contribution in [0, 0.1) is 0 Å². The van der Waals surface area contributed by atoms with Gasteiger partial charge in [-0.15, -0.1) is 11.3 Å². The van der Waals surface area contributed by atoms with Crippen LogP contribution in [0.3, 0.4) is 0 Å². The number of carboxylic acids is 1. The van der Waals surface area contributed by atoms with Crippen molar-refractivity contribution in [2.24, 2.45) is 0 Å². The summed E-state index contributed by atoms with van der Waals surface area (Å²) >= 11 is 4.62. The lowest BCUT2D eigenvalue weighted by molar-refractivity contribution is -0.140. The average Bonchev–Trinajstić information content (AvgIpc) is 3.06. The number of rotatable bonds is 5. The highest BCUT2D eigenvalue weighted by atomic mass is 79.9. The predicted octanol–water partition coefficient (Wildman–Crippen LogP) is 2.05. The van der Waals surface area contributed by atoms with E-state index < -0.39 is 5.97 Å². The Morgan fingerprint density at radius 2 is 2.18 bits per heavy atom. The molecule has 1 saturated heterocycles. The van der Waals surface area contributed by atoms with E-state index in [1.165, 1.54) is 16.2 Å². The van der Waals surface area contributed by atoms with Crippen molar-refractivity contribution in [3.05, 3.63) is 20.8 Å². The SMILES string of the molecule is CN(CC(=O)N1CCCC1CC(=O)O)C(=O)c1ccc(Br)s1. The van der Waals surface area contributed by atoms with Crippen molar-refractivity contribution in [2.45, 2.75) is 25.3 Å². The standard InChI is InChI=1S/C14H17BrN2O4S/c1-16(14(21)10-4-5-11(15)22-10)8-12(18)17-6-2-3-9(17)7-13(19)20/h4-5,9H,2-3,6-8H2,1H3,(H,19,20). The fraction of sp³-hybridized carbons (Fsp3) is 0.500. The van der Waals surface area contributed by atoms with Crippen LogP contribution in [0.4, 0.5) is 0 Å². The van der Waals surface area contributed by atoms with Crippen LogP contribution in [0.15, 0.2) is 15.9 Å². The van der Waals surface area contributed by atoms with E-state index in [1.54, 1.807) is 24.1 Å². The molecular formula is C14H17BrN2O4S. The number of carbonyl (C=O) groups excluding carboxylic acids is 2. The molecule has 1 fully saturated rings. The van der Waals surface area contributed by atoms with Crippen molar-refractivity contribution in [2.75, 3.05) is 20.1 Å². The number of hydrogen-bond donors (Lipinski definition) is 1. The Labute approximate surface area is 140 Å². The molecule has 2 rings (SSSR count). The number of likely N-dealkylation sites (tertiary alicyclic amines) is 1. The smallest absolute Gasteiger partial charge is 0.305 e. The van der Waals surface area contributed by atoms with Gasteiger partial charge in [-0.2, -0.15) is 0 Å². The van der Waals surface area contributed by atoms with Gasteiger partial charge in [-0.05, 0) is 40.9 Å². The molecule has 1 atom stereocenters. The van der Waals surface area contributed by atoms with Gasteiger partial charge in [0.05, 0.1) is 21.6 Å². The summed E-state index contributed by atoms with van der Waals surface area (Å²) in [6.45, 7) is 0.522. The minimum absolute atomic E-state index is 0.0372. The van der Waals surface area contributed by atoms with Crippen LogP contribution >= 0.6 is 27.3 Å². The zero-order valence-electron chi connectivity index (χ0n) is 12.1. The topological polar surface area (TPSA) is 77.9 Å². The normalized spacial score (nSPS) is 17.5. The molecule has 0 saturated carbocycles. The first-order valence-electron chi connectivity index (χ1n) is 6.90. The van der Waals surface area contributed by atoms with Gasteiger partial charge in [0.15, 0.2) is 0 Å². The highest BCUT2D eigenvalue weighted by Gasteiger charge is 2.31. The van der Waals surface area contributed by atoms with E-state index in [9.17, 15) is 14.4 Å². The molecule has 0 spiro atoms. The number of halogens is 1. The Hall–Kier alpha value is -1.41. The first-order chi connectivity index (χ1) is 10.4. The molecule has 1 N–H and O–H groups in total. The van der Waals surface area contributed by atoms with Crippen LogP contribution in [-0.2, 0) is 9.59 Å². The van der Waals surface area contributed by atoms with Gasteiger partial charge in [0.2, 0.25) is 5.91 Å². The molecular weight excluding hydrogens is 372 g/mol. The molecule has 120 valence electrons. The third-order valence-electron chi connectivity index (χ3n) is 3.61. The van der Waals surface area contributed by atoms with Crippen LogP contribution in [0.25, 0.3) is 0 Å². The summed E-state index contributed by atoms with van der Waals surface area (Å²) in [4.78, 5) is 38.9. The number of aliphatic carboxylic acids is 1. The van der Waals surface area contributed by atoms with Crippen molar-refractivity contribution in [3.63, 3.8) is 0 Å². The molecule has 0 aromatic carbocycles. The van der Waals surface area contributed by atoms with Crippen molar-refractivity contribution >= 4 is 45.1 Å². The lowest BCUT2D eigenvalue weighted by Crippen LogP contribution is -2.43. The van der Waals surface area contributed by atoms with Gasteiger partial charge in [-0.3, -0.25) is 14.4 Å². The number of carbonyl (C=O) groups is 3. The number of carboxylic acid groups (broad SMARTS) is 1. The molecule has 6 nitrogen and oxygen atoms in total. The molecule has 2 amide bonds. The quantitative estimate of drug-likeness (QED) is 0.836. The lowest BCUT2D eigenvalue weighted by atomic mass is 10.1. The van der Waals surface area contributed by atoms with Crippen molar-refractivity contribution < 1.29 is 19.5 Å². The zero-order valence-corrected chi connectivity index (χ0v) is 14.5. The number of thiophene rings is 1. The van der Waals surface area contributed by atoms with Crippen LogP contribution in [-0.4, -0.2) is 58.9 Å². The second kappa shape index (κ2) is 7.23. The molecule has 0 radical (unpaired) electrons. The van der Waals surface area contributed by atoms with E-state index in [2.05, 4.69) is 15.9 Å². The molecule has 0 aliphatic carbocycles. The predicted molar refractivity (Wildman–Crippen MR) is 86.0 cm³/mol. The van der Waals surface area contributed by atoms with E-state index in [1.807, 2.05) is 0 Å². The van der Waals surface area contributed by atoms with Crippen LogP contribution in [0.1, 0.15) is 28.9 Å². The zero-order chi connectivity index (χ0) is 16.3. The molecule has 22 heavy (non-hydrogen) atoms. The lowest BCUT2D eigenvalue weighted by Gasteiger charge is -2.26.